The first-order valence-electron chi connectivity index (χ1n) is 10.6. The maximum absolute atomic E-state index is 14.4. The number of hydrogen-bond donors (Lipinski definition) is 1. The van der Waals surface area contributed by atoms with Crippen molar-refractivity contribution in [3.63, 3.8) is 0 Å². The molecule has 6 nitrogen and oxygen atoms in total. The number of rotatable bonds is 8. The highest BCUT2D eigenvalue weighted by atomic mass is 19.1. The van der Waals surface area contributed by atoms with Crippen LogP contribution in [-0.4, -0.2) is 47.3 Å². The Kier molecular flexibility index (Phi) is 6.32. The van der Waals surface area contributed by atoms with Gasteiger partial charge in [-0.2, -0.15) is 5.10 Å². The van der Waals surface area contributed by atoms with Crippen molar-refractivity contribution in [3.05, 3.63) is 66.1 Å². The fraction of sp³-hybridized carbons (Fsp3) is 0.333. The van der Waals surface area contributed by atoms with Crippen LogP contribution in [0.1, 0.15) is 18.9 Å². The average molecular weight is 423 g/mol. The monoisotopic (exact) mass is 422 g/mol. The third-order valence-corrected chi connectivity index (χ3v) is 5.68. The first-order chi connectivity index (χ1) is 15.1. The van der Waals surface area contributed by atoms with Gasteiger partial charge in [-0.1, -0.05) is 12.1 Å². The summed E-state index contributed by atoms with van der Waals surface area (Å²) in [5.41, 5.74) is 3.09. The fourth-order valence-electron chi connectivity index (χ4n) is 4.00. The smallest absolute Gasteiger partial charge is 0.222 e. The minimum absolute atomic E-state index is 0.223. The summed E-state index contributed by atoms with van der Waals surface area (Å²) in [4.78, 5) is 13.9. The second-order valence-corrected chi connectivity index (χ2v) is 7.76. The van der Waals surface area contributed by atoms with Gasteiger partial charge >= 0.3 is 0 Å². The van der Waals surface area contributed by atoms with Gasteiger partial charge in [-0.25, -0.2) is 9.07 Å². The standard InChI is InChI=1S/C24H27FN4O2/c1-3-28-15-17(12-23(28)30)13-26-14-19-16-29(22-7-5-4-6-21(22)25)27-24(19)18-8-10-20(31-2)11-9-18/h4-11,16-17,26H,3,12-15H2,1-2H3. The number of aromatic nitrogens is 2. The maximum atomic E-state index is 14.4. The molecule has 2 aromatic carbocycles. The molecule has 1 saturated heterocycles. The van der Waals surface area contributed by atoms with Crippen LogP contribution in [0.3, 0.4) is 0 Å². The van der Waals surface area contributed by atoms with E-state index >= 15 is 0 Å². The average Bonchev–Trinajstić information content (AvgIpc) is 3.37. The summed E-state index contributed by atoms with van der Waals surface area (Å²) in [6, 6.07) is 14.3. The minimum atomic E-state index is -0.324. The third-order valence-electron chi connectivity index (χ3n) is 5.68. The predicted molar refractivity (Wildman–Crippen MR) is 118 cm³/mol. The highest BCUT2D eigenvalue weighted by Gasteiger charge is 2.28. The summed E-state index contributed by atoms with van der Waals surface area (Å²) in [5, 5.41) is 8.16. The number of amides is 1. The Morgan fingerprint density at radius 1 is 1.19 bits per heavy atom. The van der Waals surface area contributed by atoms with Crippen LogP contribution in [0.4, 0.5) is 4.39 Å². The molecule has 0 saturated carbocycles. The van der Waals surface area contributed by atoms with Crippen LogP contribution < -0.4 is 10.1 Å². The molecule has 0 spiro atoms. The highest BCUT2D eigenvalue weighted by molar-refractivity contribution is 5.78. The zero-order chi connectivity index (χ0) is 21.8. The van der Waals surface area contributed by atoms with Crippen LogP contribution in [0, 0.1) is 11.7 Å². The number of carbonyl (C=O) groups excluding carboxylic acids is 1. The molecule has 1 fully saturated rings. The summed E-state index contributed by atoms with van der Waals surface area (Å²) in [6.07, 6.45) is 2.45. The number of para-hydroxylation sites is 1. The minimum Gasteiger partial charge on any atom is -0.497 e. The molecular weight excluding hydrogens is 395 g/mol. The fourth-order valence-corrected chi connectivity index (χ4v) is 4.00. The molecule has 1 amide bonds. The molecule has 162 valence electrons. The Labute approximate surface area is 181 Å². The Balaban J connectivity index is 1.56. The Morgan fingerprint density at radius 2 is 1.97 bits per heavy atom. The Morgan fingerprint density at radius 3 is 2.65 bits per heavy atom. The van der Waals surface area contributed by atoms with Crippen LogP contribution in [-0.2, 0) is 11.3 Å². The molecule has 0 bridgehead atoms. The van der Waals surface area contributed by atoms with E-state index in [1.54, 1.807) is 30.0 Å². The molecule has 4 rings (SSSR count). The molecule has 2 heterocycles. The first kappa shape index (κ1) is 21.1. The lowest BCUT2D eigenvalue weighted by atomic mass is 10.1. The van der Waals surface area contributed by atoms with E-state index in [1.807, 2.05) is 42.3 Å². The molecule has 1 aliphatic heterocycles. The zero-order valence-corrected chi connectivity index (χ0v) is 17.8. The van der Waals surface area contributed by atoms with Gasteiger partial charge in [0, 0.05) is 49.9 Å². The van der Waals surface area contributed by atoms with E-state index in [-0.39, 0.29) is 11.7 Å². The van der Waals surface area contributed by atoms with E-state index < -0.39 is 0 Å². The number of nitrogens with zero attached hydrogens (tertiary/aromatic N) is 3. The number of benzene rings is 2. The lowest BCUT2D eigenvalue weighted by molar-refractivity contribution is -0.127. The molecule has 1 aromatic heterocycles. The molecule has 3 aromatic rings. The van der Waals surface area contributed by atoms with Crippen molar-refractivity contribution in [3.8, 4) is 22.7 Å². The summed E-state index contributed by atoms with van der Waals surface area (Å²) in [5.74, 6) is 0.970. The largest absolute Gasteiger partial charge is 0.497 e. The quantitative estimate of drug-likeness (QED) is 0.602. The van der Waals surface area contributed by atoms with Crippen LogP contribution in [0.2, 0.25) is 0 Å². The van der Waals surface area contributed by atoms with Crippen LogP contribution in [0.15, 0.2) is 54.7 Å². The normalized spacial score (nSPS) is 16.2. The van der Waals surface area contributed by atoms with Crippen LogP contribution in [0.25, 0.3) is 16.9 Å². The van der Waals surface area contributed by atoms with Crippen molar-refractivity contribution in [2.75, 3.05) is 26.7 Å². The molecule has 7 heteroatoms. The number of ether oxygens (including phenoxy) is 1. The summed E-state index contributed by atoms with van der Waals surface area (Å²) < 4.78 is 21.2. The van der Waals surface area contributed by atoms with Crippen LogP contribution in [0.5, 0.6) is 5.75 Å². The van der Waals surface area contributed by atoms with Crippen LogP contribution >= 0.6 is 0 Å². The topological polar surface area (TPSA) is 59.4 Å². The van der Waals surface area contributed by atoms with E-state index in [0.29, 0.717) is 24.6 Å². The molecule has 31 heavy (non-hydrogen) atoms. The van der Waals surface area contributed by atoms with E-state index in [0.717, 1.165) is 42.2 Å². The Hall–Kier alpha value is -3.19. The Bertz CT molecular complexity index is 1050. The van der Waals surface area contributed by atoms with E-state index in [4.69, 9.17) is 4.74 Å². The molecule has 1 aliphatic rings. The number of methoxy groups -OCH3 is 1. The van der Waals surface area contributed by atoms with Gasteiger partial charge < -0.3 is 15.0 Å². The predicted octanol–water partition coefficient (Wildman–Crippen LogP) is 3.65. The second kappa shape index (κ2) is 9.31. The number of hydrogen-bond acceptors (Lipinski definition) is 4. The van der Waals surface area contributed by atoms with E-state index in [2.05, 4.69) is 10.4 Å². The maximum Gasteiger partial charge on any atom is 0.222 e. The second-order valence-electron chi connectivity index (χ2n) is 7.76. The van der Waals surface area contributed by atoms with Crippen molar-refractivity contribution in [2.45, 2.75) is 19.9 Å². The number of halogens is 1. The molecular formula is C24H27FN4O2. The lowest BCUT2D eigenvalue weighted by Gasteiger charge is -2.14. The number of likely N-dealkylation sites (tertiary alicyclic amines) is 1. The highest BCUT2D eigenvalue weighted by Crippen LogP contribution is 2.26. The van der Waals surface area contributed by atoms with Gasteiger partial charge in [0.05, 0.1) is 12.8 Å². The summed E-state index contributed by atoms with van der Waals surface area (Å²) in [6.45, 7) is 4.88. The molecule has 1 atom stereocenters. The van der Waals surface area contributed by atoms with Gasteiger partial charge in [0.15, 0.2) is 0 Å². The summed E-state index contributed by atoms with van der Waals surface area (Å²) in [7, 11) is 1.63. The van der Waals surface area contributed by atoms with Gasteiger partial charge in [0.1, 0.15) is 17.3 Å². The molecule has 0 radical (unpaired) electrons. The number of nitrogens with one attached hydrogen (secondary N) is 1. The lowest BCUT2D eigenvalue weighted by Crippen LogP contribution is -2.27. The van der Waals surface area contributed by atoms with Gasteiger partial charge in [-0.15, -0.1) is 0 Å². The SMILES string of the molecule is CCN1CC(CNCc2cn(-c3ccccc3F)nc2-c2ccc(OC)cc2)CC1=O. The van der Waals surface area contributed by atoms with Crippen molar-refractivity contribution < 1.29 is 13.9 Å². The van der Waals surface area contributed by atoms with Gasteiger partial charge in [-0.3, -0.25) is 4.79 Å². The van der Waals surface area contributed by atoms with Crippen molar-refractivity contribution in [1.82, 2.24) is 20.0 Å². The van der Waals surface area contributed by atoms with E-state index in [1.165, 1.54) is 6.07 Å². The zero-order valence-electron chi connectivity index (χ0n) is 17.8. The van der Waals surface area contributed by atoms with Crippen molar-refractivity contribution in [1.29, 1.82) is 0 Å². The first-order valence-corrected chi connectivity index (χ1v) is 10.6. The molecule has 1 unspecified atom stereocenters. The van der Waals surface area contributed by atoms with E-state index in [9.17, 15) is 9.18 Å². The van der Waals surface area contributed by atoms with Gasteiger partial charge in [0.25, 0.3) is 0 Å². The molecule has 0 aliphatic carbocycles. The third kappa shape index (κ3) is 4.61. The van der Waals surface area contributed by atoms with Gasteiger partial charge in [-0.05, 0) is 49.2 Å². The molecule has 1 N–H and O–H groups in total. The number of carbonyl (C=O) groups is 1. The van der Waals surface area contributed by atoms with Gasteiger partial charge in [0.2, 0.25) is 5.91 Å². The summed E-state index contributed by atoms with van der Waals surface area (Å²) >= 11 is 0. The van der Waals surface area contributed by atoms with Crippen molar-refractivity contribution in [2.24, 2.45) is 5.92 Å². The van der Waals surface area contributed by atoms with Crippen molar-refractivity contribution >= 4 is 5.91 Å².